The molecule has 5 nitrogen and oxygen atoms in total. The van der Waals surface area contributed by atoms with E-state index in [1.807, 2.05) is 0 Å². The Morgan fingerprint density at radius 3 is 2.67 bits per heavy atom. The van der Waals surface area contributed by atoms with Crippen LogP contribution in [0, 0.1) is 17.0 Å². The third-order valence-electron chi connectivity index (χ3n) is 2.41. The fraction of sp³-hybridized carbons (Fsp3) is 0.400. The zero-order valence-electron chi connectivity index (χ0n) is 8.73. The Hall–Kier alpha value is -1.46. The molecule has 0 fully saturated rings. The van der Waals surface area contributed by atoms with Crippen LogP contribution in [0.5, 0.6) is 0 Å². The van der Waals surface area contributed by atoms with E-state index in [-0.39, 0.29) is 12.2 Å². The summed E-state index contributed by atoms with van der Waals surface area (Å²) < 4.78 is 0. The van der Waals surface area contributed by atoms with Gasteiger partial charge in [-0.15, -0.1) is 0 Å². The van der Waals surface area contributed by atoms with E-state index in [1.165, 1.54) is 12.1 Å². The van der Waals surface area contributed by atoms with Gasteiger partial charge in [-0.1, -0.05) is 6.07 Å². The van der Waals surface area contributed by atoms with Crippen LogP contribution >= 0.6 is 0 Å². The zero-order chi connectivity index (χ0) is 11.6. The number of hydrogen-bond donors (Lipinski definition) is 2. The fourth-order valence-electron chi connectivity index (χ4n) is 1.41. The minimum atomic E-state index is -1.23. The molecule has 0 bridgehead atoms. The normalized spacial score (nSPS) is 14.7. The number of nitro benzene ring substituents is 1. The number of nitrogens with zero attached hydrogens (tertiary/aromatic N) is 1. The van der Waals surface area contributed by atoms with Gasteiger partial charge in [0.1, 0.15) is 0 Å². The molecule has 1 aromatic rings. The van der Waals surface area contributed by atoms with Crippen LogP contribution in [0.1, 0.15) is 18.1 Å². The van der Waals surface area contributed by atoms with E-state index in [9.17, 15) is 15.2 Å². The van der Waals surface area contributed by atoms with Crippen LogP contribution in [0.3, 0.4) is 0 Å². The highest BCUT2D eigenvalue weighted by molar-refractivity contribution is 5.42. The number of nitrogens with two attached hydrogens (primary N) is 1. The Morgan fingerprint density at radius 2 is 2.20 bits per heavy atom. The largest absolute Gasteiger partial charge is 0.384 e. The second-order valence-corrected chi connectivity index (χ2v) is 3.73. The van der Waals surface area contributed by atoms with Crippen LogP contribution in [-0.4, -0.2) is 16.6 Å². The standard InChI is InChI=1S/C10H14N2O3/c1-7-3-4-8(12(14)15)5-9(7)10(2,13)6-11/h3-5,13H,6,11H2,1-2H3. The van der Waals surface area contributed by atoms with Crippen molar-refractivity contribution in [2.45, 2.75) is 19.4 Å². The molecule has 0 saturated heterocycles. The number of aliphatic hydroxyl groups is 1. The maximum absolute atomic E-state index is 10.6. The van der Waals surface area contributed by atoms with Gasteiger partial charge in [0.05, 0.1) is 10.5 Å². The average molecular weight is 210 g/mol. The molecule has 0 aliphatic carbocycles. The third-order valence-corrected chi connectivity index (χ3v) is 2.41. The Kier molecular flexibility index (Phi) is 3.06. The van der Waals surface area contributed by atoms with Crippen LogP contribution in [0.2, 0.25) is 0 Å². The van der Waals surface area contributed by atoms with E-state index < -0.39 is 10.5 Å². The molecule has 1 atom stereocenters. The molecule has 0 aromatic heterocycles. The highest BCUT2D eigenvalue weighted by atomic mass is 16.6. The lowest BCUT2D eigenvalue weighted by atomic mass is 9.92. The van der Waals surface area contributed by atoms with Crippen LogP contribution in [-0.2, 0) is 5.60 Å². The molecule has 0 radical (unpaired) electrons. The molecule has 3 N–H and O–H groups in total. The first kappa shape index (κ1) is 11.6. The topological polar surface area (TPSA) is 89.4 Å². The minimum Gasteiger partial charge on any atom is -0.384 e. The number of non-ortho nitro benzene ring substituents is 1. The van der Waals surface area contributed by atoms with Gasteiger partial charge < -0.3 is 10.8 Å². The summed E-state index contributed by atoms with van der Waals surface area (Å²) >= 11 is 0. The lowest BCUT2D eigenvalue weighted by Gasteiger charge is -2.23. The summed E-state index contributed by atoms with van der Waals surface area (Å²) in [6.07, 6.45) is 0. The van der Waals surface area contributed by atoms with Crippen molar-refractivity contribution in [1.82, 2.24) is 0 Å². The van der Waals surface area contributed by atoms with Crippen LogP contribution in [0.25, 0.3) is 0 Å². The number of aryl methyl sites for hydroxylation is 1. The summed E-state index contributed by atoms with van der Waals surface area (Å²) in [4.78, 5) is 10.1. The van der Waals surface area contributed by atoms with E-state index in [0.29, 0.717) is 5.56 Å². The molecule has 0 aliphatic rings. The smallest absolute Gasteiger partial charge is 0.269 e. The first-order valence-electron chi connectivity index (χ1n) is 4.56. The van der Waals surface area contributed by atoms with Crippen LogP contribution in [0.4, 0.5) is 5.69 Å². The molecular weight excluding hydrogens is 196 g/mol. The fourth-order valence-corrected chi connectivity index (χ4v) is 1.41. The van der Waals surface area contributed by atoms with Crippen LogP contribution in [0.15, 0.2) is 18.2 Å². The Bertz CT molecular complexity index is 388. The van der Waals surface area contributed by atoms with Gasteiger partial charge in [0.25, 0.3) is 5.69 Å². The van der Waals surface area contributed by atoms with Crippen molar-refractivity contribution in [2.75, 3.05) is 6.54 Å². The molecule has 1 aromatic carbocycles. The monoisotopic (exact) mass is 210 g/mol. The maximum atomic E-state index is 10.6. The summed E-state index contributed by atoms with van der Waals surface area (Å²) in [5.41, 5.74) is 5.44. The molecule has 0 spiro atoms. The summed E-state index contributed by atoms with van der Waals surface area (Å²) in [7, 11) is 0. The molecule has 1 unspecified atom stereocenters. The van der Waals surface area contributed by atoms with Crippen molar-refractivity contribution in [3.05, 3.63) is 39.4 Å². The summed E-state index contributed by atoms with van der Waals surface area (Å²) in [5, 5.41) is 20.5. The average Bonchev–Trinajstić information content (AvgIpc) is 2.17. The van der Waals surface area contributed by atoms with E-state index in [4.69, 9.17) is 5.73 Å². The second-order valence-electron chi connectivity index (χ2n) is 3.73. The summed E-state index contributed by atoms with van der Waals surface area (Å²) in [5.74, 6) is 0. The summed E-state index contributed by atoms with van der Waals surface area (Å²) in [6.45, 7) is 3.34. The van der Waals surface area contributed by atoms with Gasteiger partial charge >= 0.3 is 0 Å². The Balaban J connectivity index is 3.28. The molecule has 0 heterocycles. The molecule has 82 valence electrons. The van der Waals surface area contributed by atoms with E-state index >= 15 is 0 Å². The number of rotatable bonds is 3. The lowest BCUT2D eigenvalue weighted by molar-refractivity contribution is -0.385. The van der Waals surface area contributed by atoms with Gasteiger partial charge in [-0.05, 0) is 25.0 Å². The van der Waals surface area contributed by atoms with Crippen molar-refractivity contribution in [1.29, 1.82) is 0 Å². The molecular formula is C10H14N2O3. The molecule has 1 rings (SSSR count). The predicted molar refractivity (Wildman–Crippen MR) is 56.5 cm³/mol. The van der Waals surface area contributed by atoms with E-state index in [2.05, 4.69) is 0 Å². The predicted octanol–water partition coefficient (Wildman–Crippen LogP) is 1.07. The zero-order valence-corrected chi connectivity index (χ0v) is 8.73. The SMILES string of the molecule is Cc1ccc([N+](=O)[O-])cc1C(C)(O)CN. The quantitative estimate of drug-likeness (QED) is 0.576. The van der Waals surface area contributed by atoms with Crippen molar-refractivity contribution >= 4 is 5.69 Å². The first-order chi connectivity index (χ1) is 6.88. The summed E-state index contributed by atoms with van der Waals surface area (Å²) in [6, 6.07) is 4.38. The van der Waals surface area contributed by atoms with Crippen molar-refractivity contribution in [3.8, 4) is 0 Å². The Morgan fingerprint density at radius 1 is 1.60 bits per heavy atom. The van der Waals surface area contributed by atoms with Gasteiger partial charge in [-0.3, -0.25) is 10.1 Å². The number of benzene rings is 1. The van der Waals surface area contributed by atoms with Gasteiger partial charge in [0.15, 0.2) is 0 Å². The lowest BCUT2D eigenvalue weighted by Crippen LogP contribution is -2.32. The van der Waals surface area contributed by atoms with Crippen molar-refractivity contribution in [2.24, 2.45) is 5.73 Å². The number of nitro groups is 1. The van der Waals surface area contributed by atoms with Crippen LogP contribution < -0.4 is 5.73 Å². The Labute approximate surface area is 87.7 Å². The van der Waals surface area contributed by atoms with Gasteiger partial charge in [-0.2, -0.15) is 0 Å². The van der Waals surface area contributed by atoms with Crippen molar-refractivity contribution < 1.29 is 10.0 Å². The molecule has 0 amide bonds. The third kappa shape index (κ3) is 2.31. The second kappa shape index (κ2) is 3.96. The molecule has 15 heavy (non-hydrogen) atoms. The minimum absolute atomic E-state index is 0.0228. The molecule has 0 aliphatic heterocycles. The van der Waals surface area contributed by atoms with Gasteiger partial charge in [0.2, 0.25) is 0 Å². The van der Waals surface area contributed by atoms with Gasteiger partial charge in [0, 0.05) is 18.7 Å². The highest BCUT2D eigenvalue weighted by Gasteiger charge is 2.25. The number of hydrogen-bond acceptors (Lipinski definition) is 4. The highest BCUT2D eigenvalue weighted by Crippen LogP contribution is 2.26. The molecule has 5 heteroatoms. The van der Waals surface area contributed by atoms with Crippen molar-refractivity contribution in [3.63, 3.8) is 0 Å². The van der Waals surface area contributed by atoms with E-state index in [0.717, 1.165) is 5.56 Å². The van der Waals surface area contributed by atoms with Gasteiger partial charge in [-0.25, -0.2) is 0 Å². The maximum Gasteiger partial charge on any atom is 0.269 e. The molecule has 0 saturated carbocycles. The van der Waals surface area contributed by atoms with E-state index in [1.54, 1.807) is 19.9 Å². The first-order valence-corrected chi connectivity index (χ1v) is 4.56.